The van der Waals surface area contributed by atoms with Gasteiger partial charge in [-0.2, -0.15) is 0 Å². The number of carbonyl (C=O) groups is 1. The molecule has 0 aromatic heterocycles. The monoisotopic (exact) mass is 317 g/mol. The molecule has 0 aromatic carbocycles. The molecular weight excluding hydrogens is 286 g/mol. The summed E-state index contributed by atoms with van der Waals surface area (Å²) in [4.78, 5) is 14.4. The fourth-order valence-electron chi connectivity index (χ4n) is 3.25. The van der Waals surface area contributed by atoms with E-state index >= 15 is 0 Å². The highest BCUT2D eigenvalue weighted by molar-refractivity contribution is 5.85. The summed E-state index contributed by atoms with van der Waals surface area (Å²) in [5, 5.41) is 3.03. The minimum Gasteiger partial charge on any atom is -0.353 e. The molecule has 0 heterocycles. The van der Waals surface area contributed by atoms with Crippen LogP contribution >= 0.6 is 12.4 Å². The Balaban J connectivity index is 0.00000220. The molecule has 2 aliphatic carbocycles. The van der Waals surface area contributed by atoms with Gasteiger partial charge in [-0.3, -0.25) is 9.69 Å². The number of amides is 1. The second-order valence-corrected chi connectivity index (χ2v) is 6.84. The quantitative estimate of drug-likeness (QED) is 0.757. The molecule has 21 heavy (non-hydrogen) atoms. The summed E-state index contributed by atoms with van der Waals surface area (Å²) in [6, 6.07) is 0.808. The maximum atomic E-state index is 12.1. The Bertz CT molecular complexity index is 317. The summed E-state index contributed by atoms with van der Waals surface area (Å²) in [7, 11) is 2.15. The Labute approximate surface area is 135 Å². The van der Waals surface area contributed by atoms with Crippen LogP contribution in [0.1, 0.15) is 58.3 Å². The fourth-order valence-corrected chi connectivity index (χ4v) is 3.25. The summed E-state index contributed by atoms with van der Waals surface area (Å²) in [5.74, 6) is 0.697. The largest absolute Gasteiger partial charge is 0.353 e. The molecule has 0 radical (unpaired) electrons. The maximum absolute atomic E-state index is 12.1. The predicted octanol–water partition coefficient (Wildman–Crippen LogP) is 2.30. The average molecular weight is 318 g/mol. The van der Waals surface area contributed by atoms with Crippen LogP contribution in [0.15, 0.2) is 0 Å². The third kappa shape index (κ3) is 6.13. The molecule has 1 amide bonds. The molecule has 0 aliphatic heterocycles. The van der Waals surface area contributed by atoms with Crippen molar-refractivity contribution in [3.05, 3.63) is 0 Å². The lowest BCUT2D eigenvalue weighted by Gasteiger charge is -2.26. The van der Waals surface area contributed by atoms with Crippen molar-refractivity contribution in [1.82, 2.24) is 10.2 Å². The van der Waals surface area contributed by atoms with Crippen molar-refractivity contribution < 1.29 is 4.79 Å². The van der Waals surface area contributed by atoms with Crippen LogP contribution in [0.3, 0.4) is 0 Å². The highest BCUT2D eigenvalue weighted by Gasteiger charge is 2.29. The van der Waals surface area contributed by atoms with Crippen molar-refractivity contribution in [2.45, 2.75) is 76.4 Å². The van der Waals surface area contributed by atoms with Crippen LogP contribution in [0.4, 0.5) is 0 Å². The highest BCUT2D eigenvalue weighted by atomic mass is 35.5. The average Bonchev–Trinajstić information content (AvgIpc) is 3.29. The number of nitrogens with one attached hydrogen (secondary N) is 1. The summed E-state index contributed by atoms with van der Waals surface area (Å²) in [5.41, 5.74) is 6.06. The normalized spacial score (nSPS) is 22.5. The number of carbonyl (C=O) groups excluding carboxylic acids is 1. The van der Waals surface area contributed by atoms with Gasteiger partial charge in [0.05, 0.1) is 6.04 Å². The first-order valence-electron chi connectivity index (χ1n) is 8.33. The lowest BCUT2D eigenvalue weighted by Crippen LogP contribution is -2.47. The highest BCUT2D eigenvalue weighted by Crippen LogP contribution is 2.27. The Kier molecular flexibility index (Phi) is 7.99. The van der Waals surface area contributed by atoms with Gasteiger partial charge in [0.25, 0.3) is 0 Å². The van der Waals surface area contributed by atoms with E-state index in [4.69, 9.17) is 5.73 Å². The van der Waals surface area contributed by atoms with E-state index in [-0.39, 0.29) is 24.4 Å². The summed E-state index contributed by atoms with van der Waals surface area (Å²) in [6.45, 7) is 2.88. The lowest BCUT2D eigenvalue weighted by molar-refractivity contribution is -0.123. The van der Waals surface area contributed by atoms with Crippen molar-refractivity contribution in [3.8, 4) is 0 Å². The second-order valence-electron chi connectivity index (χ2n) is 6.84. The van der Waals surface area contributed by atoms with Crippen molar-refractivity contribution in [1.29, 1.82) is 0 Å². The summed E-state index contributed by atoms with van der Waals surface area (Å²) >= 11 is 0. The fraction of sp³-hybridized carbons (Fsp3) is 0.938. The zero-order valence-electron chi connectivity index (χ0n) is 13.5. The van der Waals surface area contributed by atoms with Crippen molar-refractivity contribution in [2.75, 3.05) is 13.6 Å². The van der Waals surface area contributed by atoms with Gasteiger partial charge in [-0.1, -0.05) is 32.1 Å². The standard InChI is InChI=1S/C16H31N3O.ClH/c1-12(19(2)14-8-9-14)11-18-16(20)15(17)10-13-6-4-3-5-7-13;/h12-15H,3-11,17H2,1-2H3,(H,18,20);1H. The molecule has 2 saturated carbocycles. The van der Waals surface area contributed by atoms with E-state index in [0.717, 1.165) is 12.5 Å². The Morgan fingerprint density at radius 2 is 1.86 bits per heavy atom. The van der Waals surface area contributed by atoms with E-state index in [1.54, 1.807) is 0 Å². The predicted molar refractivity (Wildman–Crippen MR) is 89.7 cm³/mol. The zero-order chi connectivity index (χ0) is 14.5. The summed E-state index contributed by atoms with van der Waals surface area (Å²) < 4.78 is 0. The third-order valence-electron chi connectivity index (χ3n) is 5.04. The first kappa shape index (κ1) is 18.7. The van der Waals surface area contributed by atoms with E-state index in [2.05, 4.69) is 24.2 Å². The van der Waals surface area contributed by atoms with Gasteiger partial charge in [0, 0.05) is 18.6 Å². The van der Waals surface area contributed by atoms with Crippen LogP contribution in [-0.2, 0) is 4.79 Å². The molecule has 2 aliphatic rings. The van der Waals surface area contributed by atoms with E-state index in [1.807, 2.05) is 0 Å². The minimum absolute atomic E-state index is 0. The molecule has 2 unspecified atom stereocenters. The van der Waals surface area contributed by atoms with Gasteiger partial charge in [0.15, 0.2) is 0 Å². The summed E-state index contributed by atoms with van der Waals surface area (Å²) in [6.07, 6.45) is 9.93. The number of halogens is 1. The van der Waals surface area contributed by atoms with E-state index in [0.29, 0.717) is 18.5 Å². The van der Waals surface area contributed by atoms with Gasteiger partial charge in [0.2, 0.25) is 5.91 Å². The van der Waals surface area contributed by atoms with Gasteiger partial charge in [-0.25, -0.2) is 0 Å². The molecule has 4 nitrogen and oxygen atoms in total. The minimum atomic E-state index is -0.323. The van der Waals surface area contributed by atoms with Crippen LogP contribution in [0.5, 0.6) is 0 Å². The maximum Gasteiger partial charge on any atom is 0.236 e. The number of hydrogen-bond donors (Lipinski definition) is 2. The van der Waals surface area contributed by atoms with Crippen LogP contribution < -0.4 is 11.1 Å². The Morgan fingerprint density at radius 3 is 2.43 bits per heavy atom. The number of nitrogens with zero attached hydrogens (tertiary/aromatic N) is 1. The molecule has 0 bridgehead atoms. The molecule has 2 atom stereocenters. The van der Waals surface area contributed by atoms with E-state index in [9.17, 15) is 4.79 Å². The van der Waals surface area contributed by atoms with Gasteiger partial charge < -0.3 is 11.1 Å². The number of nitrogens with two attached hydrogens (primary N) is 1. The van der Waals surface area contributed by atoms with Crippen LogP contribution in [0.2, 0.25) is 0 Å². The van der Waals surface area contributed by atoms with Gasteiger partial charge in [-0.15, -0.1) is 12.4 Å². The smallest absolute Gasteiger partial charge is 0.236 e. The van der Waals surface area contributed by atoms with Crippen molar-refractivity contribution in [3.63, 3.8) is 0 Å². The topological polar surface area (TPSA) is 58.4 Å². The number of rotatable bonds is 7. The molecule has 3 N–H and O–H groups in total. The zero-order valence-corrected chi connectivity index (χ0v) is 14.3. The molecule has 0 aromatic rings. The Morgan fingerprint density at radius 1 is 1.24 bits per heavy atom. The molecule has 2 fully saturated rings. The Hall–Kier alpha value is -0.320. The molecule has 124 valence electrons. The SMILES string of the molecule is CC(CNC(=O)C(N)CC1CCCCC1)N(C)C1CC1.Cl. The molecule has 5 heteroatoms. The first-order valence-corrected chi connectivity index (χ1v) is 8.33. The molecule has 0 spiro atoms. The molecular formula is C16H32ClN3O. The van der Waals surface area contributed by atoms with Gasteiger partial charge in [0.1, 0.15) is 0 Å². The number of hydrogen-bond acceptors (Lipinski definition) is 3. The second kappa shape index (κ2) is 8.96. The number of likely N-dealkylation sites (N-methyl/N-ethyl adjacent to an activating group) is 1. The molecule has 0 saturated heterocycles. The van der Waals surface area contributed by atoms with E-state index in [1.165, 1.54) is 44.9 Å². The first-order chi connectivity index (χ1) is 9.58. The van der Waals surface area contributed by atoms with Crippen LogP contribution in [0.25, 0.3) is 0 Å². The van der Waals surface area contributed by atoms with Crippen molar-refractivity contribution in [2.24, 2.45) is 11.7 Å². The van der Waals surface area contributed by atoms with Gasteiger partial charge >= 0.3 is 0 Å². The van der Waals surface area contributed by atoms with Crippen LogP contribution in [0, 0.1) is 5.92 Å². The lowest BCUT2D eigenvalue weighted by atomic mass is 9.85. The third-order valence-corrected chi connectivity index (χ3v) is 5.04. The van der Waals surface area contributed by atoms with Crippen molar-refractivity contribution >= 4 is 18.3 Å². The van der Waals surface area contributed by atoms with Gasteiger partial charge in [-0.05, 0) is 39.2 Å². The van der Waals surface area contributed by atoms with Crippen LogP contribution in [-0.4, -0.2) is 42.5 Å². The molecule has 2 rings (SSSR count). The van der Waals surface area contributed by atoms with E-state index < -0.39 is 0 Å².